The van der Waals surface area contributed by atoms with Crippen molar-refractivity contribution in [2.24, 2.45) is 0 Å². The predicted octanol–water partition coefficient (Wildman–Crippen LogP) is 4.16. The van der Waals surface area contributed by atoms with Crippen molar-refractivity contribution in [3.63, 3.8) is 0 Å². The highest BCUT2D eigenvalue weighted by atomic mass is 32.1. The molecule has 2 heterocycles. The Morgan fingerprint density at radius 2 is 2.19 bits per heavy atom. The van der Waals surface area contributed by atoms with Crippen LogP contribution in [0.2, 0.25) is 0 Å². The molecule has 1 aliphatic rings. The molecule has 146 valence electrons. The summed E-state index contributed by atoms with van der Waals surface area (Å²) in [4.78, 5) is 18.7. The zero-order valence-corrected chi connectivity index (χ0v) is 17.1. The summed E-state index contributed by atoms with van der Waals surface area (Å²) in [5, 5.41) is 4.05. The first-order chi connectivity index (χ1) is 12.9. The van der Waals surface area contributed by atoms with Crippen LogP contribution in [0.4, 0.5) is 21.3 Å². The Bertz CT molecular complexity index is 800. The largest absolute Gasteiger partial charge is 0.443 e. The number of carbonyl (C=O) groups excluding carboxylic acids is 1. The summed E-state index contributed by atoms with van der Waals surface area (Å²) in [6.07, 6.45) is 2.25. The maximum absolute atomic E-state index is 12.5. The van der Waals surface area contributed by atoms with Crippen molar-refractivity contribution >= 4 is 34.1 Å². The van der Waals surface area contributed by atoms with Gasteiger partial charge in [0.25, 0.3) is 0 Å². The molecule has 0 saturated carbocycles. The summed E-state index contributed by atoms with van der Waals surface area (Å²) >= 11 is 1.33. The van der Waals surface area contributed by atoms with Crippen molar-refractivity contribution < 1.29 is 14.3 Å². The Morgan fingerprint density at radius 3 is 2.93 bits per heavy atom. The average molecular weight is 391 g/mol. The highest BCUT2D eigenvalue weighted by Gasteiger charge is 2.27. The van der Waals surface area contributed by atoms with Gasteiger partial charge in [0.15, 0.2) is 0 Å². The van der Waals surface area contributed by atoms with Gasteiger partial charge < -0.3 is 14.8 Å². The summed E-state index contributed by atoms with van der Waals surface area (Å²) in [7, 11) is 1.67. The minimum Gasteiger partial charge on any atom is -0.443 e. The maximum atomic E-state index is 12.5. The van der Waals surface area contributed by atoms with Crippen molar-refractivity contribution in [3.8, 4) is 0 Å². The van der Waals surface area contributed by atoms with Crippen LogP contribution in [0.15, 0.2) is 18.2 Å². The normalized spacial score (nSPS) is 14.0. The number of methoxy groups -OCH3 is 1. The molecule has 1 aromatic heterocycles. The Hall–Kier alpha value is -2.19. The van der Waals surface area contributed by atoms with Gasteiger partial charge in [0.1, 0.15) is 11.4 Å². The van der Waals surface area contributed by atoms with Gasteiger partial charge in [0.2, 0.25) is 5.13 Å². The van der Waals surface area contributed by atoms with E-state index in [-0.39, 0.29) is 6.09 Å². The van der Waals surface area contributed by atoms with Crippen LogP contribution in [0.25, 0.3) is 0 Å². The highest BCUT2D eigenvalue weighted by molar-refractivity contribution is 7.09. The molecule has 8 heteroatoms. The minimum absolute atomic E-state index is 0.295. The molecular formula is C19H26N4O3S. The van der Waals surface area contributed by atoms with Gasteiger partial charge in [-0.3, -0.25) is 4.90 Å². The third-order valence-electron chi connectivity index (χ3n) is 4.06. The van der Waals surface area contributed by atoms with Gasteiger partial charge in [-0.15, -0.1) is 0 Å². The molecule has 27 heavy (non-hydrogen) atoms. The Kier molecular flexibility index (Phi) is 5.96. The average Bonchev–Trinajstić information content (AvgIpc) is 3.05. The Labute approximate surface area is 163 Å². The molecule has 1 N–H and O–H groups in total. The Morgan fingerprint density at radius 1 is 1.37 bits per heavy atom. The second-order valence-corrected chi connectivity index (χ2v) is 8.21. The van der Waals surface area contributed by atoms with E-state index in [1.165, 1.54) is 11.5 Å². The van der Waals surface area contributed by atoms with Gasteiger partial charge in [0.05, 0.1) is 12.3 Å². The fourth-order valence-corrected chi connectivity index (χ4v) is 3.54. The number of nitrogens with zero attached hydrogens (tertiary/aromatic N) is 3. The monoisotopic (exact) mass is 390 g/mol. The van der Waals surface area contributed by atoms with Gasteiger partial charge in [0, 0.05) is 37.3 Å². The lowest BCUT2D eigenvalue weighted by Gasteiger charge is -2.32. The molecule has 1 amide bonds. The van der Waals surface area contributed by atoms with Gasteiger partial charge in [-0.2, -0.15) is 4.37 Å². The van der Waals surface area contributed by atoms with Crippen LogP contribution in [0.1, 0.15) is 38.6 Å². The fraction of sp³-hybridized carbons (Fsp3) is 0.526. The van der Waals surface area contributed by atoms with Crippen molar-refractivity contribution in [2.75, 3.05) is 30.5 Å². The number of benzene rings is 1. The van der Waals surface area contributed by atoms with Gasteiger partial charge in [-0.1, -0.05) is 0 Å². The number of hydrogen-bond donors (Lipinski definition) is 1. The van der Waals surface area contributed by atoms with Crippen molar-refractivity contribution in [1.82, 2.24) is 9.36 Å². The number of aromatic nitrogens is 2. The topological polar surface area (TPSA) is 76.6 Å². The lowest BCUT2D eigenvalue weighted by atomic mass is 10.0. The number of aryl methyl sites for hydroxylation is 1. The van der Waals surface area contributed by atoms with E-state index in [0.717, 1.165) is 40.7 Å². The predicted molar refractivity (Wildman–Crippen MR) is 107 cm³/mol. The van der Waals surface area contributed by atoms with Crippen LogP contribution in [-0.4, -0.2) is 41.3 Å². The molecule has 0 radical (unpaired) electrons. The van der Waals surface area contributed by atoms with Crippen molar-refractivity contribution in [3.05, 3.63) is 29.6 Å². The van der Waals surface area contributed by atoms with Gasteiger partial charge in [-0.05, 0) is 57.4 Å². The van der Waals surface area contributed by atoms with Crippen molar-refractivity contribution in [2.45, 2.75) is 45.6 Å². The summed E-state index contributed by atoms with van der Waals surface area (Å²) in [5.41, 5.74) is 2.48. The number of nitrogens with one attached hydrogen (secondary N) is 1. The lowest BCUT2D eigenvalue weighted by molar-refractivity contribution is 0.0578. The second kappa shape index (κ2) is 8.22. The van der Waals surface area contributed by atoms with Crippen LogP contribution in [0.3, 0.4) is 0 Å². The fourth-order valence-electron chi connectivity index (χ4n) is 2.90. The first-order valence-electron chi connectivity index (χ1n) is 9.08. The lowest BCUT2D eigenvalue weighted by Crippen LogP contribution is -2.39. The highest BCUT2D eigenvalue weighted by Crippen LogP contribution is 2.32. The quantitative estimate of drug-likeness (QED) is 0.826. The summed E-state index contributed by atoms with van der Waals surface area (Å²) < 4.78 is 14.9. The van der Waals surface area contributed by atoms with Crippen molar-refractivity contribution in [1.29, 1.82) is 0 Å². The molecule has 0 aliphatic carbocycles. The maximum Gasteiger partial charge on any atom is 0.414 e. The van der Waals surface area contributed by atoms with E-state index in [1.807, 2.05) is 32.9 Å². The van der Waals surface area contributed by atoms with Crippen LogP contribution < -0.4 is 10.2 Å². The molecule has 3 rings (SSSR count). The smallest absolute Gasteiger partial charge is 0.414 e. The van der Waals surface area contributed by atoms with Crippen LogP contribution >= 0.6 is 11.5 Å². The minimum atomic E-state index is -0.505. The first kappa shape index (κ1) is 19.6. The van der Waals surface area contributed by atoms with E-state index in [0.29, 0.717) is 19.6 Å². The Balaban J connectivity index is 1.72. The van der Waals surface area contributed by atoms with E-state index in [4.69, 9.17) is 9.47 Å². The SMILES string of the molecule is COCCc1nsc(Nc2ccc3c(c2)CCCN3C(=O)OC(C)(C)C)n1. The van der Waals surface area contributed by atoms with Crippen LogP contribution in [0.5, 0.6) is 0 Å². The molecule has 1 aromatic carbocycles. The molecule has 0 fully saturated rings. The molecular weight excluding hydrogens is 364 g/mol. The van der Waals surface area contributed by atoms with Crippen LogP contribution in [-0.2, 0) is 22.3 Å². The zero-order valence-electron chi connectivity index (χ0n) is 16.2. The molecule has 0 bridgehead atoms. The molecule has 2 aromatic rings. The van der Waals surface area contributed by atoms with E-state index in [1.54, 1.807) is 12.0 Å². The molecule has 0 saturated heterocycles. The number of amides is 1. The summed E-state index contributed by atoms with van der Waals surface area (Å²) in [6.45, 7) is 6.92. The van der Waals surface area contributed by atoms with E-state index < -0.39 is 5.60 Å². The number of fused-ring (bicyclic) bond motifs is 1. The van der Waals surface area contributed by atoms with E-state index in [9.17, 15) is 4.79 Å². The standard InChI is InChI=1S/C19H26N4O3S/c1-19(2,3)26-18(24)23-10-5-6-13-12-14(7-8-15(13)23)20-17-21-16(22-27-17)9-11-25-4/h7-8,12H,5-6,9-11H2,1-4H3,(H,20,21,22). The third-order valence-corrected chi connectivity index (χ3v) is 4.73. The molecule has 1 aliphatic heterocycles. The third kappa shape index (κ3) is 5.17. The second-order valence-electron chi connectivity index (χ2n) is 7.46. The van der Waals surface area contributed by atoms with Gasteiger partial charge in [-0.25, -0.2) is 9.78 Å². The molecule has 0 spiro atoms. The first-order valence-corrected chi connectivity index (χ1v) is 9.85. The van der Waals surface area contributed by atoms with E-state index in [2.05, 4.69) is 20.7 Å². The van der Waals surface area contributed by atoms with E-state index >= 15 is 0 Å². The van der Waals surface area contributed by atoms with Gasteiger partial charge >= 0.3 is 6.09 Å². The molecule has 0 unspecified atom stereocenters. The number of carbonyl (C=O) groups is 1. The summed E-state index contributed by atoms with van der Waals surface area (Å²) in [6, 6.07) is 5.99. The number of hydrogen-bond acceptors (Lipinski definition) is 7. The number of ether oxygens (including phenoxy) is 2. The zero-order chi connectivity index (χ0) is 19.4. The summed E-state index contributed by atoms with van der Waals surface area (Å²) in [5.74, 6) is 0.776. The molecule has 0 atom stereocenters. The van der Waals surface area contributed by atoms with Crippen LogP contribution in [0, 0.1) is 0 Å². The molecule has 7 nitrogen and oxygen atoms in total. The number of rotatable bonds is 5. The number of anilines is 3.